The van der Waals surface area contributed by atoms with Crippen molar-refractivity contribution in [2.45, 2.75) is 24.2 Å². The predicted octanol–water partition coefficient (Wildman–Crippen LogP) is 2.23. The van der Waals surface area contributed by atoms with E-state index < -0.39 is 18.5 Å². The Morgan fingerprint density at radius 2 is 1.79 bits per heavy atom. The summed E-state index contributed by atoms with van der Waals surface area (Å²) in [5.41, 5.74) is 0.653. The SMILES string of the molecule is CSc1ccccc1NC(=O)COC(=O)CCN1C(=O)[C@H]2CC=CC[C@@H]2C1=O. The van der Waals surface area contributed by atoms with Crippen LogP contribution in [0.15, 0.2) is 41.3 Å². The minimum Gasteiger partial charge on any atom is -0.456 e. The summed E-state index contributed by atoms with van der Waals surface area (Å²) in [5.74, 6) is -2.13. The van der Waals surface area contributed by atoms with E-state index in [2.05, 4.69) is 5.32 Å². The maximum absolute atomic E-state index is 12.3. The van der Waals surface area contributed by atoms with Crippen LogP contribution < -0.4 is 5.32 Å². The molecule has 1 aliphatic heterocycles. The molecule has 2 aliphatic rings. The summed E-state index contributed by atoms with van der Waals surface area (Å²) in [6.07, 6.45) is 6.73. The number of amides is 3. The van der Waals surface area contributed by atoms with Gasteiger partial charge in [-0.2, -0.15) is 0 Å². The van der Waals surface area contributed by atoms with Gasteiger partial charge >= 0.3 is 5.97 Å². The Kier molecular flexibility index (Phi) is 6.51. The zero-order chi connectivity index (χ0) is 20.1. The Hall–Kier alpha value is -2.61. The zero-order valence-corrected chi connectivity index (χ0v) is 16.4. The maximum atomic E-state index is 12.3. The third kappa shape index (κ3) is 4.44. The van der Waals surface area contributed by atoms with Gasteiger partial charge in [-0.05, 0) is 31.2 Å². The van der Waals surface area contributed by atoms with Gasteiger partial charge in [0.1, 0.15) is 0 Å². The number of nitrogens with one attached hydrogen (secondary N) is 1. The molecule has 1 saturated heterocycles. The number of imide groups is 1. The molecule has 1 aliphatic carbocycles. The van der Waals surface area contributed by atoms with E-state index >= 15 is 0 Å². The lowest BCUT2D eigenvalue weighted by atomic mass is 9.85. The molecule has 1 N–H and O–H groups in total. The standard InChI is InChI=1S/C20H22N2O5S/c1-28-16-9-5-4-8-15(16)21-17(23)12-27-18(24)10-11-22-19(25)13-6-2-3-7-14(13)20(22)26/h2-5,8-9,13-14H,6-7,10-12H2,1H3,(H,21,23)/t13-,14-/m0/s1. The Morgan fingerprint density at radius 3 is 2.43 bits per heavy atom. The number of carbonyl (C=O) groups is 4. The molecule has 3 rings (SSSR count). The summed E-state index contributed by atoms with van der Waals surface area (Å²) in [4.78, 5) is 50.7. The van der Waals surface area contributed by atoms with Crippen LogP contribution in [-0.2, 0) is 23.9 Å². The highest BCUT2D eigenvalue weighted by atomic mass is 32.2. The lowest BCUT2D eigenvalue weighted by Crippen LogP contribution is -2.33. The number of ether oxygens (including phenoxy) is 1. The molecule has 0 radical (unpaired) electrons. The molecule has 1 aromatic carbocycles. The van der Waals surface area contributed by atoms with E-state index in [4.69, 9.17) is 4.74 Å². The molecule has 0 aromatic heterocycles. The van der Waals surface area contributed by atoms with Crippen LogP contribution in [0.2, 0.25) is 0 Å². The summed E-state index contributed by atoms with van der Waals surface area (Å²) in [5, 5.41) is 2.70. The van der Waals surface area contributed by atoms with E-state index in [-0.39, 0.29) is 36.6 Å². The largest absolute Gasteiger partial charge is 0.456 e. The molecule has 3 amide bonds. The average Bonchev–Trinajstić information content (AvgIpc) is 2.95. The third-order valence-corrected chi connectivity index (χ3v) is 5.68. The second-order valence-electron chi connectivity index (χ2n) is 6.64. The molecule has 1 fully saturated rings. The van der Waals surface area contributed by atoms with Gasteiger partial charge < -0.3 is 10.1 Å². The number of benzene rings is 1. The number of para-hydroxylation sites is 1. The van der Waals surface area contributed by atoms with Crippen LogP contribution in [0.4, 0.5) is 5.69 Å². The Bertz CT molecular complexity index is 797. The van der Waals surface area contributed by atoms with Crippen LogP contribution in [-0.4, -0.2) is 48.0 Å². The summed E-state index contributed by atoms with van der Waals surface area (Å²) in [6.45, 7) is -0.432. The van der Waals surface area contributed by atoms with E-state index in [1.807, 2.05) is 30.5 Å². The maximum Gasteiger partial charge on any atom is 0.308 e. The number of anilines is 1. The molecule has 7 nitrogen and oxygen atoms in total. The molecule has 148 valence electrons. The van der Waals surface area contributed by atoms with Crippen molar-refractivity contribution >= 4 is 41.1 Å². The van der Waals surface area contributed by atoms with Gasteiger partial charge in [0.05, 0.1) is 23.9 Å². The van der Waals surface area contributed by atoms with E-state index in [0.29, 0.717) is 18.5 Å². The molecule has 0 spiro atoms. The lowest BCUT2D eigenvalue weighted by molar-refractivity contribution is -0.148. The second kappa shape index (κ2) is 9.05. The Morgan fingerprint density at radius 1 is 1.14 bits per heavy atom. The highest BCUT2D eigenvalue weighted by molar-refractivity contribution is 7.98. The average molecular weight is 402 g/mol. The van der Waals surface area contributed by atoms with Gasteiger partial charge in [0.15, 0.2) is 6.61 Å². The number of hydrogen-bond donors (Lipinski definition) is 1. The van der Waals surface area contributed by atoms with E-state index in [9.17, 15) is 19.2 Å². The molecule has 0 bridgehead atoms. The lowest BCUT2D eigenvalue weighted by Gasteiger charge is -2.14. The monoisotopic (exact) mass is 402 g/mol. The smallest absolute Gasteiger partial charge is 0.308 e. The minimum atomic E-state index is -0.623. The molecule has 1 heterocycles. The number of fused-ring (bicyclic) bond motifs is 1. The number of likely N-dealkylation sites (tertiary alicyclic amines) is 1. The van der Waals surface area contributed by atoms with Crippen molar-refractivity contribution < 1.29 is 23.9 Å². The topological polar surface area (TPSA) is 92.8 Å². The van der Waals surface area contributed by atoms with E-state index in [1.165, 1.54) is 11.8 Å². The molecular formula is C20H22N2O5S. The van der Waals surface area contributed by atoms with Crippen LogP contribution in [0.25, 0.3) is 0 Å². The molecular weight excluding hydrogens is 380 g/mol. The van der Waals surface area contributed by atoms with E-state index in [1.54, 1.807) is 12.1 Å². The first-order valence-corrected chi connectivity index (χ1v) is 10.3. The molecule has 28 heavy (non-hydrogen) atoms. The van der Waals surface area contributed by atoms with Crippen molar-refractivity contribution in [3.8, 4) is 0 Å². The van der Waals surface area contributed by atoms with Crippen LogP contribution in [0, 0.1) is 11.8 Å². The highest BCUT2D eigenvalue weighted by Crippen LogP contribution is 2.35. The van der Waals surface area contributed by atoms with Gasteiger partial charge in [-0.1, -0.05) is 24.3 Å². The molecule has 8 heteroatoms. The van der Waals surface area contributed by atoms with Crippen molar-refractivity contribution in [3.05, 3.63) is 36.4 Å². The molecule has 1 aromatic rings. The highest BCUT2D eigenvalue weighted by Gasteiger charge is 2.46. The first-order valence-electron chi connectivity index (χ1n) is 9.10. The summed E-state index contributed by atoms with van der Waals surface area (Å²) in [6, 6.07) is 7.32. The van der Waals surface area contributed by atoms with Crippen LogP contribution in [0.1, 0.15) is 19.3 Å². The number of carbonyl (C=O) groups excluding carboxylic acids is 4. The van der Waals surface area contributed by atoms with Crippen LogP contribution in [0.5, 0.6) is 0 Å². The first kappa shape index (κ1) is 20.1. The number of hydrogen-bond acceptors (Lipinski definition) is 6. The second-order valence-corrected chi connectivity index (χ2v) is 7.49. The number of thioether (sulfide) groups is 1. The minimum absolute atomic E-state index is 0.0135. The normalized spacial score (nSPS) is 20.8. The quantitative estimate of drug-likeness (QED) is 0.325. The Balaban J connectivity index is 1.44. The van der Waals surface area contributed by atoms with Crippen molar-refractivity contribution in [1.29, 1.82) is 0 Å². The van der Waals surface area contributed by atoms with Crippen molar-refractivity contribution in [3.63, 3.8) is 0 Å². The van der Waals surface area contributed by atoms with Gasteiger partial charge in [-0.15, -0.1) is 11.8 Å². The van der Waals surface area contributed by atoms with Crippen molar-refractivity contribution in [2.75, 3.05) is 24.7 Å². The van der Waals surface area contributed by atoms with Gasteiger partial charge in [0.25, 0.3) is 5.91 Å². The fourth-order valence-electron chi connectivity index (χ4n) is 3.44. The van der Waals surface area contributed by atoms with Crippen molar-refractivity contribution in [1.82, 2.24) is 4.90 Å². The van der Waals surface area contributed by atoms with Gasteiger partial charge in [0, 0.05) is 11.4 Å². The fourth-order valence-corrected chi connectivity index (χ4v) is 4.00. The van der Waals surface area contributed by atoms with Crippen LogP contribution >= 0.6 is 11.8 Å². The number of allylic oxidation sites excluding steroid dienone is 2. The predicted molar refractivity (Wildman–Crippen MR) is 105 cm³/mol. The fraction of sp³-hybridized carbons (Fsp3) is 0.400. The number of rotatable bonds is 7. The van der Waals surface area contributed by atoms with E-state index in [0.717, 1.165) is 9.80 Å². The first-order chi connectivity index (χ1) is 13.5. The summed E-state index contributed by atoms with van der Waals surface area (Å²) in [7, 11) is 0. The van der Waals surface area contributed by atoms with Crippen molar-refractivity contribution in [2.24, 2.45) is 11.8 Å². The zero-order valence-electron chi connectivity index (χ0n) is 15.6. The number of esters is 1. The van der Waals surface area contributed by atoms with Crippen LogP contribution in [0.3, 0.4) is 0 Å². The Labute approximate surface area is 167 Å². The molecule has 2 atom stereocenters. The van der Waals surface area contributed by atoms with Gasteiger partial charge in [-0.3, -0.25) is 24.1 Å². The summed E-state index contributed by atoms with van der Waals surface area (Å²) < 4.78 is 4.98. The summed E-state index contributed by atoms with van der Waals surface area (Å²) >= 11 is 1.50. The molecule has 0 saturated carbocycles. The van der Waals surface area contributed by atoms with Gasteiger partial charge in [-0.25, -0.2) is 0 Å². The van der Waals surface area contributed by atoms with Gasteiger partial charge in [0.2, 0.25) is 11.8 Å². The third-order valence-electron chi connectivity index (χ3n) is 4.88. The molecule has 0 unspecified atom stereocenters. The number of nitrogens with zero attached hydrogens (tertiary/aromatic N) is 1.